The van der Waals surface area contributed by atoms with E-state index in [1.54, 1.807) is 6.33 Å². The number of imidazole rings is 1. The van der Waals surface area contributed by atoms with Gasteiger partial charge in [0.1, 0.15) is 12.4 Å². The van der Waals surface area contributed by atoms with Gasteiger partial charge in [-0.15, -0.1) is 12.4 Å². The molecule has 1 fully saturated rings. The normalized spacial score (nSPS) is 14.9. The Morgan fingerprint density at radius 1 is 1.00 bits per heavy atom. The first-order chi connectivity index (χ1) is 12.4. The van der Waals surface area contributed by atoms with Gasteiger partial charge in [0.15, 0.2) is 0 Å². The molecule has 3 aromatic rings. The van der Waals surface area contributed by atoms with Gasteiger partial charge in [-0.1, -0.05) is 37.5 Å². The predicted molar refractivity (Wildman–Crippen MR) is 109 cm³/mol. The molecule has 0 atom stereocenters. The standard InChI is InChI=1S/C21H25N3O.ClH/c1-2-4-18(5-3-1)22-12-13-25-19-9-6-16(7-10-19)17-8-11-20-21(14-17)24-15-23-20;/h6-11,14-15,18,22H,1-5,12-13H2,(H,23,24);1H. The zero-order chi connectivity index (χ0) is 16.9. The van der Waals surface area contributed by atoms with Crippen LogP contribution in [0.25, 0.3) is 22.2 Å². The highest BCUT2D eigenvalue weighted by Gasteiger charge is 2.11. The number of hydrogen-bond donors (Lipinski definition) is 2. The van der Waals surface area contributed by atoms with E-state index in [-0.39, 0.29) is 12.4 Å². The topological polar surface area (TPSA) is 49.9 Å². The molecule has 2 aromatic carbocycles. The Balaban J connectivity index is 0.00000196. The summed E-state index contributed by atoms with van der Waals surface area (Å²) in [6.45, 7) is 1.64. The fraction of sp³-hybridized carbons (Fsp3) is 0.381. The van der Waals surface area contributed by atoms with Crippen LogP contribution in [0.2, 0.25) is 0 Å². The number of halogens is 1. The van der Waals surface area contributed by atoms with E-state index in [2.05, 4.69) is 39.6 Å². The molecule has 1 saturated carbocycles. The van der Waals surface area contributed by atoms with Gasteiger partial charge in [-0.2, -0.15) is 0 Å². The molecule has 2 N–H and O–H groups in total. The average molecular weight is 372 g/mol. The summed E-state index contributed by atoms with van der Waals surface area (Å²) in [5, 5.41) is 3.61. The monoisotopic (exact) mass is 371 g/mol. The van der Waals surface area contributed by atoms with E-state index in [9.17, 15) is 0 Å². The van der Waals surface area contributed by atoms with Crippen LogP contribution >= 0.6 is 12.4 Å². The lowest BCUT2D eigenvalue weighted by Crippen LogP contribution is -2.34. The summed E-state index contributed by atoms with van der Waals surface area (Å²) >= 11 is 0. The van der Waals surface area contributed by atoms with Crippen LogP contribution in [0, 0.1) is 0 Å². The van der Waals surface area contributed by atoms with Gasteiger partial charge in [0, 0.05) is 12.6 Å². The molecule has 5 heteroatoms. The summed E-state index contributed by atoms with van der Waals surface area (Å²) in [6.07, 6.45) is 8.49. The molecule has 1 aliphatic carbocycles. The maximum absolute atomic E-state index is 5.87. The Bertz CT molecular complexity index is 809. The van der Waals surface area contributed by atoms with Crippen molar-refractivity contribution in [3.05, 3.63) is 48.8 Å². The molecule has 0 saturated heterocycles. The molecule has 0 unspecified atom stereocenters. The number of nitrogens with one attached hydrogen (secondary N) is 2. The molecule has 0 radical (unpaired) electrons. The summed E-state index contributed by atoms with van der Waals surface area (Å²) in [7, 11) is 0. The first-order valence-corrected chi connectivity index (χ1v) is 9.28. The molecule has 1 heterocycles. The molecule has 138 valence electrons. The van der Waals surface area contributed by atoms with Crippen LogP contribution in [0.3, 0.4) is 0 Å². The van der Waals surface area contributed by atoms with E-state index in [0.717, 1.165) is 29.9 Å². The first kappa shape index (κ1) is 18.7. The largest absolute Gasteiger partial charge is 0.492 e. The lowest BCUT2D eigenvalue weighted by Gasteiger charge is -2.22. The van der Waals surface area contributed by atoms with Crippen LogP contribution in [0.15, 0.2) is 48.8 Å². The highest BCUT2D eigenvalue weighted by molar-refractivity contribution is 5.85. The summed E-state index contributed by atoms with van der Waals surface area (Å²) in [6, 6.07) is 15.3. The van der Waals surface area contributed by atoms with Crippen LogP contribution < -0.4 is 10.1 Å². The number of ether oxygens (including phenoxy) is 1. The molecule has 0 spiro atoms. The van der Waals surface area contributed by atoms with Crippen molar-refractivity contribution in [2.24, 2.45) is 0 Å². The molecular formula is C21H26ClN3O. The van der Waals surface area contributed by atoms with Crippen molar-refractivity contribution in [2.75, 3.05) is 13.2 Å². The van der Waals surface area contributed by atoms with Gasteiger partial charge >= 0.3 is 0 Å². The van der Waals surface area contributed by atoms with Gasteiger partial charge in [-0.25, -0.2) is 4.98 Å². The number of benzene rings is 2. The predicted octanol–water partition coefficient (Wildman–Crippen LogP) is 4.95. The van der Waals surface area contributed by atoms with Crippen LogP contribution in [0.1, 0.15) is 32.1 Å². The van der Waals surface area contributed by atoms with E-state index in [1.807, 2.05) is 18.2 Å². The van der Waals surface area contributed by atoms with Crippen molar-refractivity contribution in [1.29, 1.82) is 0 Å². The SMILES string of the molecule is Cl.c1nc2ccc(-c3ccc(OCCNC4CCCCC4)cc3)cc2[nH]1. The van der Waals surface area contributed by atoms with E-state index >= 15 is 0 Å². The smallest absolute Gasteiger partial charge is 0.119 e. The summed E-state index contributed by atoms with van der Waals surface area (Å²) < 4.78 is 5.87. The third-order valence-corrected chi connectivity index (χ3v) is 5.02. The van der Waals surface area contributed by atoms with Gasteiger partial charge in [0.25, 0.3) is 0 Å². The minimum atomic E-state index is 0. The molecule has 1 aliphatic rings. The number of rotatable bonds is 6. The maximum atomic E-state index is 5.87. The van der Waals surface area contributed by atoms with E-state index < -0.39 is 0 Å². The van der Waals surface area contributed by atoms with Gasteiger partial charge in [0.2, 0.25) is 0 Å². The second kappa shape index (κ2) is 9.06. The second-order valence-electron chi connectivity index (χ2n) is 6.80. The lowest BCUT2D eigenvalue weighted by molar-refractivity contribution is 0.289. The molecule has 4 nitrogen and oxygen atoms in total. The minimum absolute atomic E-state index is 0. The fourth-order valence-electron chi connectivity index (χ4n) is 3.60. The average Bonchev–Trinajstić information content (AvgIpc) is 3.14. The first-order valence-electron chi connectivity index (χ1n) is 9.28. The molecule has 0 amide bonds. The van der Waals surface area contributed by atoms with Crippen molar-refractivity contribution in [3.8, 4) is 16.9 Å². The zero-order valence-corrected chi connectivity index (χ0v) is 15.7. The van der Waals surface area contributed by atoms with Crippen molar-refractivity contribution >= 4 is 23.4 Å². The Kier molecular flexibility index (Phi) is 6.53. The lowest BCUT2D eigenvalue weighted by atomic mass is 9.96. The van der Waals surface area contributed by atoms with Crippen LogP contribution in [0.5, 0.6) is 5.75 Å². The molecule has 4 rings (SSSR count). The molecule has 0 bridgehead atoms. The molecule has 1 aromatic heterocycles. The van der Waals surface area contributed by atoms with Crippen LogP contribution in [0.4, 0.5) is 0 Å². The Hall–Kier alpha value is -2.04. The Morgan fingerprint density at radius 2 is 1.77 bits per heavy atom. The fourth-order valence-corrected chi connectivity index (χ4v) is 3.60. The summed E-state index contributed by atoms with van der Waals surface area (Å²) in [4.78, 5) is 7.42. The van der Waals surface area contributed by atoms with Gasteiger partial charge in [-0.05, 0) is 48.2 Å². The second-order valence-corrected chi connectivity index (χ2v) is 6.80. The van der Waals surface area contributed by atoms with E-state index in [1.165, 1.54) is 43.2 Å². The third-order valence-electron chi connectivity index (χ3n) is 5.02. The van der Waals surface area contributed by atoms with Crippen LogP contribution in [-0.4, -0.2) is 29.2 Å². The van der Waals surface area contributed by atoms with Crippen molar-refractivity contribution in [3.63, 3.8) is 0 Å². The van der Waals surface area contributed by atoms with Crippen molar-refractivity contribution in [2.45, 2.75) is 38.1 Å². The van der Waals surface area contributed by atoms with Gasteiger partial charge in [0.05, 0.1) is 17.4 Å². The van der Waals surface area contributed by atoms with E-state index in [4.69, 9.17) is 4.74 Å². The number of hydrogen-bond acceptors (Lipinski definition) is 3. The zero-order valence-electron chi connectivity index (χ0n) is 14.9. The Morgan fingerprint density at radius 3 is 2.58 bits per heavy atom. The van der Waals surface area contributed by atoms with Gasteiger partial charge < -0.3 is 15.0 Å². The molecule has 26 heavy (non-hydrogen) atoms. The maximum Gasteiger partial charge on any atom is 0.119 e. The number of aromatic amines is 1. The van der Waals surface area contributed by atoms with Crippen LogP contribution in [-0.2, 0) is 0 Å². The number of nitrogens with zero attached hydrogens (tertiary/aromatic N) is 1. The highest BCUT2D eigenvalue weighted by atomic mass is 35.5. The number of fused-ring (bicyclic) bond motifs is 1. The highest BCUT2D eigenvalue weighted by Crippen LogP contribution is 2.25. The summed E-state index contributed by atoms with van der Waals surface area (Å²) in [5.74, 6) is 0.928. The molecular weight excluding hydrogens is 346 g/mol. The quantitative estimate of drug-likeness (QED) is 0.602. The van der Waals surface area contributed by atoms with Crippen molar-refractivity contribution in [1.82, 2.24) is 15.3 Å². The molecule has 0 aliphatic heterocycles. The number of aromatic nitrogens is 2. The minimum Gasteiger partial charge on any atom is -0.492 e. The number of H-pyrrole nitrogens is 1. The summed E-state index contributed by atoms with van der Waals surface area (Å²) in [5.41, 5.74) is 4.42. The Labute approximate surface area is 160 Å². The third kappa shape index (κ3) is 4.57. The van der Waals surface area contributed by atoms with E-state index in [0.29, 0.717) is 6.04 Å². The van der Waals surface area contributed by atoms with Gasteiger partial charge in [-0.3, -0.25) is 0 Å². The van der Waals surface area contributed by atoms with Crippen molar-refractivity contribution < 1.29 is 4.74 Å².